The van der Waals surface area contributed by atoms with Gasteiger partial charge in [-0.3, -0.25) is 14.4 Å². The Morgan fingerprint density at radius 2 is 1.62 bits per heavy atom. The van der Waals surface area contributed by atoms with E-state index in [0.29, 0.717) is 59.5 Å². The van der Waals surface area contributed by atoms with Gasteiger partial charge in [0.1, 0.15) is 0 Å². The molecular weight excluding hydrogens is 350 g/mol. The molecule has 2 rings (SSSR count). The first-order valence-corrected chi connectivity index (χ1v) is 9.17. The van der Waals surface area contributed by atoms with E-state index < -0.39 is 0 Å². The number of hydrogen-bond acceptors (Lipinski definition) is 3. The van der Waals surface area contributed by atoms with Crippen LogP contribution < -0.4 is 5.32 Å². The van der Waals surface area contributed by atoms with Crippen LogP contribution >= 0.6 is 11.6 Å². The van der Waals surface area contributed by atoms with E-state index in [4.69, 9.17) is 11.6 Å². The maximum Gasteiger partial charge on any atom is 0.220 e. The highest BCUT2D eigenvalue weighted by molar-refractivity contribution is 6.31. The zero-order chi connectivity index (χ0) is 19.3. The van der Waals surface area contributed by atoms with E-state index >= 15 is 0 Å². The Balaban J connectivity index is 1.79. The van der Waals surface area contributed by atoms with Crippen molar-refractivity contribution >= 4 is 29.1 Å². The van der Waals surface area contributed by atoms with Crippen LogP contribution in [0.4, 0.5) is 0 Å². The summed E-state index contributed by atoms with van der Waals surface area (Å²) in [5, 5.41) is 3.57. The smallest absolute Gasteiger partial charge is 0.220 e. The third kappa shape index (κ3) is 4.70. The van der Waals surface area contributed by atoms with Gasteiger partial charge in [-0.15, -0.1) is 0 Å². The Hall–Kier alpha value is -2.20. The zero-order valence-electron chi connectivity index (χ0n) is 15.4. The van der Waals surface area contributed by atoms with Crippen LogP contribution in [0.15, 0.2) is 46.6 Å². The Labute approximate surface area is 159 Å². The summed E-state index contributed by atoms with van der Waals surface area (Å²) >= 11 is 6.09. The van der Waals surface area contributed by atoms with Crippen LogP contribution in [0.5, 0.6) is 0 Å². The van der Waals surface area contributed by atoms with Crippen molar-refractivity contribution in [2.75, 3.05) is 6.54 Å². The lowest BCUT2D eigenvalue weighted by Gasteiger charge is -2.18. The van der Waals surface area contributed by atoms with Gasteiger partial charge in [-0.05, 0) is 51.7 Å². The van der Waals surface area contributed by atoms with Crippen LogP contribution in [-0.2, 0) is 20.8 Å². The summed E-state index contributed by atoms with van der Waals surface area (Å²) in [4.78, 5) is 36.5. The SMILES string of the molecule is CC1=C(C)C(=O)C(CCCC(=O)NCCc2ccccc2Cl)=C(C)C1=O. The van der Waals surface area contributed by atoms with E-state index in [1.165, 1.54) is 0 Å². The van der Waals surface area contributed by atoms with Crippen LogP contribution in [0.2, 0.25) is 5.02 Å². The third-order valence-electron chi connectivity index (χ3n) is 4.82. The number of nitrogens with one attached hydrogen (secondary N) is 1. The molecule has 1 amide bonds. The quantitative estimate of drug-likeness (QED) is 0.735. The van der Waals surface area contributed by atoms with Gasteiger partial charge < -0.3 is 5.32 Å². The third-order valence-corrected chi connectivity index (χ3v) is 5.18. The van der Waals surface area contributed by atoms with Gasteiger partial charge in [-0.2, -0.15) is 0 Å². The molecule has 1 aromatic rings. The lowest BCUT2D eigenvalue weighted by Crippen LogP contribution is -2.26. The molecular formula is C21H24ClNO3. The second-order valence-corrected chi connectivity index (χ2v) is 6.96. The van der Waals surface area contributed by atoms with E-state index in [-0.39, 0.29) is 17.5 Å². The average molecular weight is 374 g/mol. The normalized spacial score (nSPS) is 14.9. The zero-order valence-corrected chi connectivity index (χ0v) is 16.2. The molecule has 5 heteroatoms. The summed E-state index contributed by atoms with van der Waals surface area (Å²) in [5.41, 5.74) is 3.09. The fourth-order valence-electron chi connectivity index (χ4n) is 3.01. The molecule has 0 aromatic heterocycles. The van der Waals surface area contributed by atoms with Crippen molar-refractivity contribution in [3.63, 3.8) is 0 Å². The van der Waals surface area contributed by atoms with Gasteiger partial charge in [0.25, 0.3) is 0 Å². The molecule has 1 aliphatic rings. The highest BCUT2D eigenvalue weighted by atomic mass is 35.5. The second kappa shape index (κ2) is 8.95. The molecule has 26 heavy (non-hydrogen) atoms. The van der Waals surface area contributed by atoms with Crippen LogP contribution in [0.3, 0.4) is 0 Å². The van der Waals surface area contributed by atoms with Crippen molar-refractivity contribution in [3.8, 4) is 0 Å². The van der Waals surface area contributed by atoms with Gasteiger partial charge >= 0.3 is 0 Å². The number of ketones is 2. The Morgan fingerprint density at radius 3 is 2.31 bits per heavy atom. The monoisotopic (exact) mass is 373 g/mol. The van der Waals surface area contributed by atoms with Crippen molar-refractivity contribution in [1.82, 2.24) is 5.32 Å². The molecule has 1 aromatic carbocycles. The Bertz CT molecular complexity index is 805. The lowest BCUT2D eigenvalue weighted by atomic mass is 9.84. The van der Waals surface area contributed by atoms with Crippen molar-refractivity contribution in [3.05, 3.63) is 57.1 Å². The van der Waals surface area contributed by atoms with Crippen LogP contribution in [0.1, 0.15) is 45.6 Å². The molecule has 138 valence electrons. The Kier molecular flexibility index (Phi) is 6.92. The summed E-state index contributed by atoms with van der Waals surface area (Å²) in [6, 6.07) is 7.55. The highest BCUT2D eigenvalue weighted by Crippen LogP contribution is 2.27. The standard InChI is InChI=1S/C21H24ClNO3/c1-13-14(2)21(26)17(15(3)20(13)25)8-6-10-19(24)23-12-11-16-7-4-5-9-18(16)22/h4-5,7,9H,6,8,10-12H2,1-3H3,(H,23,24). The number of Topliss-reactive ketones (excluding diaryl/α,β-unsaturated/α-hetero) is 2. The maximum atomic E-state index is 12.3. The van der Waals surface area contributed by atoms with Crippen LogP contribution in [0.25, 0.3) is 0 Å². The van der Waals surface area contributed by atoms with Crippen LogP contribution in [-0.4, -0.2) is 24.0 Å². The molecule has 0 atom stereocenters. The molecule has 0 radical (unpaired) electrons. The molecule has 0 aliphatic heterocycles. The first-order valence-electron chi connectivity index (χ1n) is 8.79. The van der Waals surface area contributed by atoms with E-state index in [2.05, 4.69) is 5.32 Å². The summed E-state index contributed by atoms with van der Waals surface area (Å²) in [5.74, 6) is -0.201. The molecule has 0 unspecified atom stereocenters. The van der Waals surface area contributed by atoms with Gasteiger partial charge in [0, 0.05) is 40.3 Å². The summed E-state index contributed by atoms with van der Waals surface area (Å²) < 4.78 is 0. The van der Waals surface area contributed by atoms with Crippen molar-refractivity contribution in [2.45, 2.75) is 46.5 Å². The molecule has 1 aliphatic carbocycles. The van der Waals surface area contributed by atoms with E-state index in [9.17, 15) is 14.4 Å². The van der Waals surface area contributed by atoms with Crippen molar-refractivity contribution < 1.29 is 14.4 Å². The number of carbonyl (C=O) groups is 3. The summed E-state index contributed by atoms with van der Waals surface area (Å²) in [7, 11) is 0. The summed E-state index contributed by atoms with van der Waals surface area (Å²) in [6.07, 6.45) is 1.98. The number of carbonyl (C=O) groups excluding carboxylic acids is 3. The van der Waals surface area contributed by atoms with Gasteiger partial charge in [0.15, 0.2) is 11.6 Å². The predicted molar refractivity (Wildman–Crippen MR) is 103 cm³/mol. The van der Waals surface area contributed by atoms with Crippen molar-refractivity contribution in [1.29, 1.82) is 0 Å². The largest absolute Gasteiger partial charge is 0.356 e. The molecule has 1 N–H and O–H groups in total. The molecule has 0 heterocycles. The highest BCUT2D eigenvalue weighted by Gasteiger charge is 2.27. The average Bonchev–Trinajstić information content (AvgIpc) is 2.63. The van der Waals surface area contributed by atoms with Crippen LogP contribution in [0, 0.1) is 0 Å². The predicted octanol–water partition coefficient (Wildman–Crippen LogP) is 3.97. The molecule has 0 bridgehead atoms. The minimum Gasteiger partial charge on any atom is -0.356 e. The molecule has 4 nitrogen and oxygen atoms in total. The minimum atomic E-state index is -0.0706. The topological polar surface area (TPSA) is 63.2 Å². The molecule has 0 saturated heterocycles. The van der Waals surface area contributed by atoms with E-state index in [1.807, 2.05) is 24.3 Å². The maximum absolute atomic E-state index is 12.3. The molecule has 0 spiro atoms. The van der Waals surface area contributed by atoms with Gasteiger partial charge in [-0.25, -0.2) is 0 Å². The number of halogens is 1. The second-order valence-electron chi connectivity index (χ2n) is 6.56. The first kappa shape index (κ1) is 20.1. The minimum absolute atomic E-state index is 0.0617. The summed E-state index contributed by atoms with van der Waals surface area (Å²) in [6.45, 7) is 5.57. The molecule has 0 saturated carbocycles. The van der Waals surface area contributed by atoms with Gasteiger partial charge in [0.2, 0.25) is 5.91 Å². The first-order chi connectivity index (χ1) is 12.3. The number of rotatable bonds is 7. The van der Waals surface area contributed by atoms with Crippen molar-refractivity contribution in [2.24, 2.45) is 0 Å². The Morgan fingerprint density at radius 1 is 0.962 bits per heavy atom. The number of benzene rings is 1. The van der Waals surface area contributed by atoms with E-state index in [1.54, 1.807) is 20.8 Å². The fraction of sp³-hybridized carbons (Fsp3) is 0.381. The molecule has 0 fully saturated rings. The van der Waals surface area contributed by atoms with Gasteiger partial charge in [-0.1, -0.05) is 29.8 Å². The lowest BCUT2D eigenvalue weighted by molar-refractivity contribution is -0.121. The number of hydrogen-bond donors (Lipinski definition) is 1. The fourth-order valence-corrected chi connectivity index (χ4v) is 3.24. The van der Waals surface area contributed by atoms with Gasteiger partial charge in [0.05, 0.1) is 0 Å². The number of allylic oxidation sites excluding steroid dienone is 4. The van der Waals surface area contributed by atoms with E-state index in [0.717, 1.165) is 5.56 Å². The number of amides is 1.